The summed E-state index contributed by atoms with van der Waals surface area (Å²) in [6.45, 7) is 0. The highest BCUT2D eigenvalue weighted by Gasteiger charge is 2.09. The first kappa shape index (κ1) is 11.3. The van der Waals surface area contributed by atoms with Crippen molar-refractivity contribution in [2.45, 2.75) is 18.8 Å². The number of aromatic nitrogens is 1. The Hall–Kier alpha value is -2.14. The Balaban J connectivity index is 2.01. The minimum atomic E-state index is -0.0237. The van der Waals surface area contributed by atoms with Crippen LogP contribution in [0.1, 0.15) is 23.5 Å². The first-order chi connectivity index (χ1) is 8.40. The molecule has 0 fully saturated rings. The molecule has 1 aromatic carbocycles. The van der Waals surface area contributed by atoms with Crippen molar-refractivity contribution in [3.63, 3.8) is 0 Å². The highest BCUT2D eigenvalue weighted by Crippen LogP contribution is 2.20. The third kappa shape index (κ3) is 3.15. The molecule has 0 saturated heterocycles. The number of nitriles is 1. The molecular formula is C15H14N2. The molecule has 0 unspecified atom stereocenters. The second-order valence-corrected chi connectivity index (χ2v) is 3.99. The molecule has 0 aliphatic rings. The molecule has 2 aromatic rings. The summed E-state index contributed by atoms with van der Waals surface area (Å²) in [5.74, 6) is -0.0237. The maximum absolute atomic E-state index is 9.20. The van der Waals surface area contributed by atoms with E-state index in [0.29, 0.717) is 0 Å². The van der Waals surface area contributed by atoms with Crippen LogP contribution in [0.5, 0.6) is 0 Å². The van der Waals surface area contributed by atoms with Crippen molar-refractivity contribution in [1.29, 1.82) is 5.26 Å². The van der Waals surface area contributed by atoms with Crippen molar-refractivity contribution in [2.24, 2.45) is 0 Å². The van der Waals surface area contributed by atoms with Gasteiger partial charge >= 0.3 is 0 Å². The molecule has 2 rings (SSSR count). The fraction of sp³-hybridized carbons (Fsp3) is 0.200. The van der Waals surface area contributed by atoms with Gasteiger partial charge in [-0.25, -0.2) is 0 Å². The Labute approximate surface area is 102 Å². The lowest BCUT2D eigenvalue weighted by Gasteiger charge is -2.08. The summed E-state index contributed by atoms with van der Waals surface area (Å²) in [6.07, 6.45) is 5.35. The zero-order valence-electron chi connectivity index (χ0n) is 9.58. The smallest absolute Gasteiger partial charge is 0.0715 e. The van der Waals surface area contributed by atoms with Gasteiger partial charge in [-0.05, 0) is 36.1 Å². The molecule has 1 heterocycles. The van der Waals surface area contributed by atoms with Crippen molar-refractivity contribution in [3.8, 4) is 6.07 Å². The number of nitrogens with zero attached hydrogens (tertiary/aromatic N) is 2. The zero-order chi connectivity index (χ0) is 11.9. The molecule has 0 aliphatic carbocycles. The third-order valence-electron chi connectivity index (χ3n) is 2.83. The van der Waals surface area contributed by atoms with Crippen LogP contribution in [0.4, 0.5) is 0 Å². The molecule has 0 radical (unpaired) electrons. The number of rotatable bonds is 4. The van der Waals surface area contributed by atoms with Gasteiger partial charge in [-0.1, -0.05) is 30.3 Å². The van der Waals surface area contributed by atoms with Crippen LogP contribution in [0.15, 0.2) is 54.9 Å². The molecule has 0 saturated carbocycles. The maximum Gasteiger partial charge on any atom is 0.0715 e. The van der Waals surface area contributed by atoms with Crippen LogP contribution in [0.25, 0.3) is 0 Å². The average Bonchev–Trinajstić information content (AvgIpc) is 2.42. The predicted octanol–water partition coefficient (Wildman–Crippen LogP) is 3.32. The Kier molecular flexibility index (Phi) is 3.88. The van der Waals surface area contributed by atoms with E-state index in [1.54, 1.807) is 12.4 Å². The van der Waals surface area contributed by atoms with E-state index in [2.05, 4.69) is 11.1 Å². The van der Waals surface area contributed by atoms with Crippen LogP contribution in [-0.4, -0.2) is 4.98 Å². The second-order valence-electron chi connectivity index (χ2n) is 3.99. The van der Waals surface area contributed by atoms with E-state index in [-0.39, 0.29) is 5.92 Å². The van der Waals surface area contributed by atoms with Gasteiger partial charge in [0.05, 0.1) is 12.0 Å². The summed E-state index contributed by atoms with van der Waals surface area (Å²) in [4.78, 5) is 3.99. The Morgan fingerprint density at radius 2 is 1.76 bits per heavy atom. The van der Waals surface area contributed by atoms with Gasteiger partial charge in [0.15, 0.2) is 0 Å². The lowest BCUT2D eigenvalue weighted by atomic mass is 9.94. The van der Waals surface area contributed by atoms with Crippen molar-refractivity contribution < 1.29 is 0 Å². The highest BCUT2D eigenvalue weighted by atomic mass is 14.6. The molecule has 0 aliphatic heterocycles. The fourth-order valence-corrected chi connectivity index (χ4v) is 1.85. The molecule has 84 valence electrons. The molecule has 0 bridgehead atoms. The maximum atomic E-state index is 9.20. The van der Waals surface area contributed by atoms with Crippen LogP contribution in [0.2, 0.25) is 0 Å². The van der Waals surface area contributed by atoms with Crippen molar-refractivity contribution in [3.05, 3.63) is 66.0 Å². The summed E-state index contributed by atoms with van der Waals surface area (Å²) < 4.78 is 0. The van der Waals surface area contributed by atoms with E-state index < -0.39 is 0 Å². The summed E-state index contributed by atoms with van der Waals surface area (Å²) >= 11 is 0. The largest absolute Gasteiger partial charge is 0.265 e. The van der Waals surface area contributed by atoms with Crippen LogP contribution in [0, 0.1) is 11.3 Å². The normalized spacial score (nSPS) is 11.7. The van der Waals surface area contributed by atoms with E-state index in [1.807, 2.05) is 42.5 Å². The number of aryl methyl sites for hydroxylation is 1. The Morgan fingerprint density at radius 1 is 1.06 bits per heavy atom. The quantitative estimate of drug-likeness (QED) is 0.795. The van der Waals surface area contributed by atoms with E-state index >= 15 is 0 Å². The van der Waals surface area contributed by atoms with Gasteiger partial charge in [0.1, 0.15) is 0 Å². The molecular weight excluding hydrogens is 208 g/mol. The predicted molar refractivity (Wildman–Crippen MR) is 67.4 cm³/mol. The SMILES string of the molecule is N#C[C@@H](CCc1ccncc1)c1ccccc1. The summed E-state index contributed by atoms with van der Waals surface area (Å²) in [5, 5.41) is 9.20. The Morgan fingerprint density at radius 3 is 2.41 bits per heavy atom. The Bertz CT molecular complexity index is 485. The van der Waals surface area contributed by atoms with Crippen LogP contribution >= 0.6 is 0 Å². The zero-order valence-corrected chi connectivity index (χ0v) is 9.58. The highest BCUT2D eigenvalue weighted by molar-refractivity contribution is 5.25. The standard InChI is InChI=1S/C15H14N2/c16-12-15(14-4-2-1-3-5-14)7-6-13-8-10-17-11-9-13/h1-5,8-11,15H,6-7H2/t15-/m1/s1. The molecule has 2 heteroatoms. The van der Waals surface area contributed by atoms with Gasteiger partial charge in [-0.15, -0.1) is 0 Å². The summed E-state index contributed by atoms with van der Waals surface area (Å²) in [5.41, 5.74) is 2.33. The molecule has 0 amide bonds. The van der Waals surface area contributed by atoms with Gasteiger partial charge in [0.2, 0.25) is 0 Å². The molecule has 0 spiro atoms. The van der Waals surface area contributed by atoms with E-state index in [9.17, 15) is 5.26 Å². The topological polar surface area (TPSA) is 36.7 Å². The fourth-order valence-electron chi connectivity index (χ4n) is 1.85. The average molecular weight is 222 g/mol. The lowest BCUT2D eigenvalue weighted by molar-refractivity contribution is 0.745. The minimum absolute atomic E-state index is 0.0237. The van der Waals surface area contributed by atoms with Gasteiger partial charge in [-0.2, -0.15) is 5.26 Å². The molecule has 2 nitrogen and oxygen atoms in total. The second kappa shape index (κ2) is 5.81. The van der Waals surface area contributed by atoms with Crippen molar-refractivity contribution in [1.82, 2.24) is 4.98 Å². The molecule has 0 N–H and O–H groups in total. The molecule has 1 atom stereocenters. The van der Waals surface area contributed by atoms with E-state index in [1.165, 1.54) is 5.56 Å². The van der Waals surface area contributed by atoms with E-state index in [4.69, 9.17) is 0 Å². The first-order valence-electron chi connectivity index (χ1n) is 5.73. The van der Waals surface area contributed by atoms with Crippen LogP contribution in [0.3, 0.4) is 0 Å². The first-order valence-corrected chi connectivity index (χ1v) is 5.73. The summed E-state index contributed by atoms with van der Waals surface area (Å²) in [6, 6.07) is 16.3. The van der Waals surface area contributed by atoms with Crippen LogP contribution in [-0.2, 0) is 6.42 Å². The number of benzene rings is 1. The minimum Gasteiger partial charge on any atom is -0.265 e. The van der Waals surface area contributed by atoms with Crippen molar-refractivity contribution in [2.75, 3.05) is 0 Å². The van der Waals surface area contributed by atoms with Crippen LogP contribution < -0.4 is 0 Å². The number of pyridine rings is 1. The van der Waals surface area contributed by atoms with Gasteiger partial charge in [0.25, 0.3) is 0 Å². The monoisotopic (exact) mass is 222 g/mol. The summed E-state index contributed by atoms with van der Waals surface area (Å²) in [7, 11) is 0. The molecule has 17 heavy (non-hydrogen) atoms. The van der Waals surface area contributed by atoms with E-state index in [0.717, 1.165) is 18.4 Å². The van der Waals surface area contributed by atoms with Crippen molar-refractivity contribution >= 4 is 0 Å². The molecule has 1 aromatic heterocycles. The van der Waals surface area contributed by atoms with Gasteiger partial charge < -0.3 is 0 Å². The lowest BCUT2D eigenvalue weighted by Crippen LogP contribution is -1.98. The third-order valence-corrected chi connectivity index (χ3v) is 2.83. The van der Waals surface area contributed by atoms with Gasteiger partial charge in [0, 0.05) is 12.4 Å². The van der Waals surface area contributed by atoms with Gasteiger partial charge in [-0.3, -0.25) is 4.98 Å². The number of hydrogen-bond donors (Lipinski definition) is 0. The number of hydrogen-bond acceptors (Lipinski definition) is 2.